The Hall–Kier alpha value is -2.72. The first-order valence-electron chi connectivity index (χ1n) is 4.68. The first-order chi connectivity index (χ1) is 8.20. The van der Waals surface area contributed by atoms with Gasteiger partial charge in [0, 0.05) is 6.20 Å². The highest BCUT2D eigenvalue weighted by molar-refractivity contribution is 5.85. The van der Waals surface area contributed by atoms with Gasteiger partial charge >= 0.3 is 5.97 Å². The van der Waals surface area contributed by atoms with Gasteiger partial charge < -0.3 is 5.11 Å². The summed E-state index contributed by atoms with van der Waals surface area (Å²) < 4.78 is 1.43. The molecule has 84 valence electrons. The van der Waals surface area contributed by atoms with Crippen LogP contribution >= 0.6 is 0 Å². The van der Waals surface area contributed by atoms with Crippen LogP contribution < -0.4 is 0 Å². The number of aromatic carboxylic acids is 1. The minimum absolute atomic E-state index is 0.0278. The van der Waals surface area contributed by atoms with Crippen LogP contribution in [0.2, 0.25) is 0 Å². The van der Waals surface area contributed by atoms with Crippen molar-refractivity contribution in [2.75, 3.05) is 0 Å². The minimum Gasteiger partial charge on any atom is -0.476 e. The molecule has 0 atom stereocenters. The molecule has 0 saturated heterocycles. The van der Waals surface area contributed by atoms with Gasteiger partial charge in [-0.2, -0.15) is 10.1 Å². The van der Waals surface area contributed by atoms with Gasteiger partial charge in [-0.1, -0.05) is 0 Å². The van der Waals surface area contributed by atoms with Crippen LogP contribution in [0.5, 0.6) is 0 Å². The Kier molecular flexibility index (Phi) is 2.81. The second kappa shape index (κ2) is 4.42. The number of carbonyl (C=O) groups excluding carboxylic acids is 1. The van der Waals surface area contributed by atoms with E-state index < -0.39 is 5.97 Å². The standard InChI is InChI=1S/C11H7N3O3/c15-7-12-8-1-3-9(4-2-8)14-6-5-10(13-14)11(16)17/h1-6H,(H,16,17). The van der Waals surface area contributed by atoms with Gasteiger partial charge in [0.25, 0.3) is 0 Å². The lowest BCUT2D eigenvalue weighted by Crippen LogP contribution is -2.00. The van der Waals surface area contributed by atoms with Crippen molar-refractivity contribution < 1.29 is 14.7 Å². The summed E-state index contributed by atoms with van der Waals surface area (Å²) in [6.45, 7) is 0. The maximum absolute atomic E-state index is 10.7. The van der Waals surface area contributed by atoms with E-state index in [4.69, 9.17) is 5.11 Å². The summed E-state index contributed by atoms with van der Waals surface area (Å²) in [6, 6.07) is 7.98. The van der Waals surface area contributed by atoms with Crippen molar-refractivity contribution in [2.24, 2.45) is 4.99 Å². The van der Waals surface area contributed by atoms with E-state index in [-0.39, 0.29) is 5.69 Å². The molecule has 2 rings (SSSR count). The number of carboxylic acid groups (broad SMARTS) is 1. The van der Waals surface area contributed by atoms with Crippen LogP contribution in [-0.2, 0) is 4.79 Å². The van der Waals surface area contributed by atoms with Crippen LogP contribution in [0.3, 0.4) is 0 Å². The molecule has 0 radical (unpaired) electrons. The number of rotatable bonds is 3. The maximum atomic E-state index is 10.7. The second-order valence-electron chi connectivity index (χ2n) is 3.17. The van der Waals surface area contributed by atoms with Gasteiger partial charge in [-0.15, -0.1) is 0 Å². The van der Waals surface area contributed by atoms with E-state index in [1.54, 1.807) is 30.5 Å². The van der Waals surface area contributed by atoms with Crippen molar-refractivity contribution in [3.8, 4) is 5.69 Å². The molecule has 2 aromatic rings. The molecular weight excluding hydrogens is 222 g/mol. The van der Waals surface area contributed by atoms with Gasteiger partial charge in [-0.25, -0.2) is 14.3 Å². The molecule has 0 spiro atoms. The smallest absolute Gasteiger partial charge is 0.356 e. The van der Waals surface area contributed by atoms with E-state index in [0.717, 1.165) is 0 Å². The second-order valence-corrected chi connectivity index (χ2v) is 3.17. The van der Waals surface area contributed by atoms with Crippen molar-refractivity contribution >= 4 is 17.7 Å². The Morgan fingerprint density at radius 2 is 2.00 bits per heavy atom. The van der Waals surface area contributed by atoms with Crippen LogP contribution in [0.4, 0.5) is 5.69 Å². The molecule has 0 fully saturated rings. The number of hydrogen-bond acceptors (Lipinski definition) is 4. The number of benzene rings is 1. The van der Waals surface area contributed by atoms with Gasteiger partial charge in [0.15, 0.2) is 5.69 Å². The van der Waals surface area contributed by atoms with E-state index in [0.29, 0.717) is 11.4 Å². The SMILES string of the molecule is O=C=Nc1ccc(-n2ccc(C(=O)O)n2)cc1. The van der Waals surface area contributed by atoms with Crippen LogP contribution in [-0.4, -0.2) is 26.9 Å². The Morgan fingerprint density at radius 3 is 2.53 bits per heavy atom. The van der Waals surface area contributed by atoms with Gasteiger partial charge in [0.05, 0.1) is 11.4 Å². The van der Waals surface area contributed by atoms with E-state index in [2.05, 4.69) is 10.1 Å². The molecule has 0 aliphatic heterocycles. The first kappa shape index (κ1) is 10.8. The Morgan fingerprint density at radius 1 is 1.29 bits per heavy atom. The highest BCUT2D eigenvalue weighted by Crippen LogP contribution is 2.15. The first-order valence-corrected chi connectivity index (χ1v) is 4.68. The molecular formula is C11H7N3O3. The van der Waals surface area contributed by atoms with Crippen LogP contribution in [0.15, 0.2) is 41.5 Å². The third-order valence-electron chi connectivity index (χ3n) is 2.10. The van der Waals surface area contributed by atoms with Crippen molar-refractivity contribution in [3.05, 3.63) is 42.2 Å². The zero-order valence-electron chi connectivity index (χ0n) is 8.57. The highest BCUT2D eigenvalue weighted by Gasteiger charge is 2.07. The van der Waals surface area contributed by atoms with Crippen molar-refractivity contribution in [1.29, 1.82) is 0 Å². The summed E-state index contributed by atoms with van der Waals surface area (Å²) in [5, 5.41) is 12.6. The molecule has 0 saturated carbocycles. The summed E-state index contributed by atoms with van der Waals surface area (Å²) >= 11 is 0. The molecule has 1 aromatic carbocycles. The number of aliphatic imine (C=N–C) groups is 1. The van der Waals surface area contributed by atoms with Gasteiger partial charge in [-0.05, 0) is 30.3 Å². The lowest BCUT2D eigenvalue weighted by Gasteiger charge is -2.00. The topological polar surface area (TPSA) is 84.5 Å². The number of carboxylic acids is 1. The van der Waals surface area contributed by atoms with Crippen molar-refractivity contribution in [1.82, 2.24) is 9.78 Å². The van der Waals surface area contributed by atoms with Gasteiger partial charge in [0.2, 0.25) is 6.08 Å². The molecule has 0 amide bonds. The molecule has 0 bridgehead atoms. The lowest BCUT2D eigenvalue weighted by atomic mass is 10.3. The molecule has 0 aliphatic rings. The highest BCUT2D eigenvalue weighted by atomic mass is 16.4. The molecule has 6 heteroatoms. The Bertz CT molecular complexity index is 595. The molecule has 0 aliphatic carbocycles. The number of hydrogen-bond donors (Lipinski definition) is 1. The summed E-state index contributed by atoms with van der Waals surface area (Å²) in [6.07, 6.45) is 2.98. The Balaban J connectivity index is 2.32. The van der Waals surface area contributed by atoms with E-state index >= 15 is 0 Å². The zero-order chi connectivity index (χ0) is 12.3. The fourth-order valence-electron chi connectivity index (χ4n) is 1.31. The predicted octanol–water partition coefficient (Wildman–Crippen LogP) is 1.54. The Labute approximate surface area is 95.8 Å². The van der Waals surface area contributed by atoms with Crippen LogP contribution in [0.1, 0.15) is 10.5 Å². The largest absolute Gasteiger partial charge is 0.476 e. The molecule has 0 unspecified atom stereocenters. The van der Waals surface area contributed by atoms with E-state index in [1.807, 2.05) is 0 Å². The monoisotopic (exact) mass is 229 g/mol. The number of nitrogens with zero attached hydrogens (tertiary/aromatic N) is 3. The van der Waals surface area contributed by atoms with E-state index in [9.17, 15) is 9.59 Å². The average Bonchev–Trinajstić information content (AvgIpc) is 2.80. The maximum Gasteiger partial charge on any atom is 0.356 e. The number of isocyanates is 1. The van der Waals surface area contributed by atoms with Gasteiger partial charge in [-0.3, -0.25) is 0 Å². The van der Waals surface area contributed by atoms with Crippen molar-refractivity contribution in [3.63, 3.8) is 0 Å². The number of carbonyl (C=O) groups is 1. The normalized spacial score (nSPS) is 9.65. The quantitative estimate of drug-likeness (QED) is 0.639. The fraction of sp³-hybridized carbons (Fsp3) is 0. The van der Waals surface area contributed by atoms with Crippen molar-refractivity contribution in [2.45, 2.75) is 0 Å². The zero-order valence-corrected chi connectivity index (χ0v) is 8.57. The minimum atomic E-state index is -1.08. The molecule has 1 N–H and O–H groups in total. The van der Waals surface area contributed by atoms with Crippen LogP contribution in [0.25, 0.3) is 5.69 Å². The average molecular weight is 229 g/mol. The van der Waals surface area contributed by atoms with Crippen LogP contribution in [0, 0.1) is 0 Å². The van der Waals surface area contributed by atoms with Gasteiger partial charge in [0.1, 0.15) is 0 Å². The third kappa shape index (κ3) is 2.27. The summed E-state index contributed by atoms with van der Waals surface area (Å²) in [7, 11) is 0. The predicted molar refractivity (Wildman–Crippen MR) is 58.3 cm³/mol. The molecule has 6 nitrogen and oxygen atoms in total. The molecule has 1 heterocycles. The molecule has 17 heavy (non-hydrogen) atoms. The summed E-state index contributed by atoms with van der Waals surface area (Å²) in [5.41, 5.74) is 1.14. The summed E-state index contributed by atoms with van der Waals surface area (Å²) in [5.74, 6) is -1.08. The fourth-order valence-corrected chi connectivity index (χ4v) is 1.31. The van der Waals surface area contributed by atoms with E-state index in [1.165, 1.54) is 16.8 Å². The summed E-state index contributed by atoms with van der Waals surface area (Å²) in [4.78, 5) is 24.1. The third-order valence-corrected chi connectivity index (χ3v) is 2.10. The molecule has 1 aromatic heterocycles. The lowest BCUT2D eigenvalue weighted by molar-refractivity contribution is 0.0690. The number of aromatic nitrogens is 2.